The smallest absolute Gasteiger partial charge is 0.261 e. The number of rotatable bonds is 4. The number of nitrogens with one attached hydrogen (secondary N) is 1. The number of hydrogen-bond donors (Lipinski definition) is 2. The first-order chi connectivity index (χ1) is 8.58. The highest BCUT2D eigenvalue weighted by molar-refractivity contribution is 7.14. The molecule has 0 radical (unpaired) electrons. The Balaban J connectivity index is 2.69. The minimum Gasteiger partial charge on any atom is -0.384 e. The first kappa shape index (κ1) is 14.7. The average Bonchev–Trinajstić information content (AvgIpc) is 2.81. The lowest BCUT2D eigenvalue weighted by atomic mass is 10.0. The molecule has 0 fully saturated rings. The highest BCUT2D eigenvalue weighted by Gasteiger charge is 2.16. The van der Waals surface area contributed by atoms with Crippen molar-refractivity contribution in [3.05, 3.63) is 21.9 Å². The van der Waals surface area contributed by atoms with Crippen molar-refractivity contribution >= 4 is 17.2 Å². The van der Waals surface area contributed by atoms with Crippen molar-refractivity contribution in [2.24, 2.45) is 5.92 Å². The fraction of sp³-hybridized carbons (Fsp3) is 0.500. The third-order valence-corrected chi connectivity index (χ3v) is 3.68. The van der Waals surface area contributed by atoms with E-state index in [4.69, 9.17) is 5.11 Å². The van der Waals surface area contributed by atoms with Crippen LogP contribution in [-0.4, -0.2) is 23.7 Å². The summed E-state index contributed by atoms with van der Waals surface area (Å²) >= 11 is 1.35. The number of carbonyl (C=O) groups is 1. The summed E-state index contributed by atoms with van der Waals surface area (Å²) in [5.74, 6) is 5.75. The normalized spacial score (nSPS) is 11.8. The Hall–Kier alpha value is -1.31. The zero-order chi connectivity index (χ0) is 13.5. The molecule has 1 rings (SSSR count). The predicted molar refractivity (Wildman–Crippen MR) is 74.7 cm³/mol. The quantitative estimate of drug-likeness (QED) is 0.820. The van der Waals surface area contributed by atoms with Gasteiger partial charge in [0, 0.05) is 6.04 Å². The second kappa shape index (κ2) is 7.20. The van der Waals surface area contributed by atoms with Crippen molar-refractivity contribution in [2.45, 2.75) is 33.2 Å². The summed E-state index contributed by atoms with van der Waals surface area (Å²) in [4.78, 5) is 13.5. The van der Waals surface area contributed by atoms with Gasteiger partial charge < -0.3 is 10.4 Å². The first-order valence-electron chi connectivity index (χ1n) is 6.08. The van der Waals surface area contributed by atoms with E-state index in [0.717, 1.165) is 11.3 Å². The molecule has 4 heteroatoms. The van der Waals surface area contributed by atoms with E-state index in [9.17, 15) is 4.79 Å². The molecule has 18 heavy (non-hydrogen) atoms. The lowest BCUT2D eigenvalue weighted by Gasteiger charge is -2.20. The zero-order valence-electron chi connectivity index (χ0n) is 11.0. The van der Waals surface area contributed by atoms with Gasteiger partial charge in [-0.2, -0.15) is 0 Å². The summed E-state index contributed by atoms with van der Waals surface area (Å²) in [6.07, 6.45) is 0.923. The highest BCUT2D eigenvalue weighted by Crippen LogP contribution is 2.16. The standard InChI is InChI=1S/C14H19NO2S/c1-4-12(10(2)3)15-14(17)13-8-7-11(18-13)6-5-9-16/h7-8,10,12,16H,4,9H2,1-3H3,(H,15,17). The molecule has 1 atom stereocenters. The van der Waals surface area contributed by atoms with Gasteiger partial charge in [0.15, 0.2) is 0 Å². The molecule has 0 bridgehead atoms. The van der Waals surface area contributed by atoms with Crippen molar-refractivity contribution in [1.82, 2.24) is 5.32 Å². The molecule has 0 saturated heterocycles. The number of aliphatic hydroxyl groups is 1. The van der Waals surface area contributed by atoms with E-state index >= 15 is 0 Å². The second-order valence-electron chi connectivity index (χ2n) is 4.36. The van der Waals surface area contributed by atoms with E-state index in [1.54, 1.807) is 12.1 Å². The van der Waals surface area contributed by atoms with Crippen LogP contribution < -0.4 is 5.32 Å². The lowest BCUT2D eigenvalue weighted by Crippen LogP contribution is -2.37. The van der Waals surface area contributed by atoms with Crippen molar-refractivity contribution in [3.8, 4) is 11.8 Å². The van der Waals surface area contributed by atoms with Crippen LogP contribution >= 0.6 is 11.3 Å². The Morgan fingerprint density at radius 3 is 2.78 bits per heavy atom. The maximum Gasteiger partial charge on any atom is 0.261 e. The van der Waals surface area contributed by atoms with E-state index in [0.29, 0.717) is 10.8 Å². The van der Waals surface area contributed by atoms with Gasteiger partial charge in [0.1, 0.15) is 6.61 Å². The fourth-order valence-corrected chi connectivity index (χ4v) is 2.42. The molecule has 1 amide bonds. The molecular weight excluding hydrogens is 246 g/mol. The van der Waals surface area contributed by atoms with Crippen molar-refractivity contribution in [1.29, 1.82) is 0 Å². The minimum absolute atomic E-state index is 0.0439. The molecule has 0 aromatic carbocycles. The third-order valence-electron chi connectivity index (χ3n) is 2.68. The van der Waals surface area contributed by atoms with Crippen LogP contribution in [-0.2, 0) is 0 Å². The molecule has 1 unspecified atom stereocenters. The van der Waals surface area contributed by atoms with Crippen LogP contribution in [0.2, 0.25) is 0 Å². The van der Waals surface area contributed by atoms with E-state index in [1.165, 1.54) is 11.3 Å². The average molecular weight is 265 g/mol. The Labute approximate surface area is 112 Å². The van der Waals surface area contributed by atoms with Gasteiger partial charge in [-0.1, -0.05) is 32.6 Å². The van der Waals surface area contributed by atoms with Crippen molar-refractivity contribution in [2.75, 3.05) is 6.61 Å². The van der Waals surface area contributed by atoms with Gasteiger partial charge >= 0.3 is 0 Å². The monoisotopic (exact) mass is 265 g/mol. The van der Waals surface area contributed by atoms with Crippen LogP contribution in [0.25, 0.3) is 0 Å². The number of carbonyl (C=O) groups excluding carboxylic acids is 1. The molecular formula is C14H19NO2S. The summed E-state index contributed by atoms with van der Waals surface area (Å²) in [6, 6.07) is 3.78. The summed E-state index contributed by atoms with van der Waals surface area (Å²) < 4.78 is 0. The number of amides is 1. The van der Waals surface area contributed by atoms with E-state index < -0.39 is 0 Å². The molecule has 0 aliphatic rings. The summed E-state index contributed by atoms with van der Waals surface area (Å²) in [6.45, 7) is 6.10. The van der Waals surface area contributed by atoms with Crippen LogP contribution in [0.4, 0.5) is 0 Å². The maximum absolute atomic E-state index is 12.0. The molecule has 1 aromatic rings. The molecule has 1 aromatic heterocycles. The summed E-state index contributed by atoms with van der Waals surface area (Å²) in [5.41, 5.74) is 0. The number of hydrogen-bond acceptors (Lipinski definition) is 3. The Morgan fingerprint density at radius 2 is 2.22 bits per heavy atom. The molecule has 0 aliphatic carbocycles. The Bertz CT molecular complexity index is 454. The number of thiophene rings is 1. The summed E-state index contributed by atoms with van der Waals surface area (Å²) in [7, 11) is 0. The van der Waals surface area contributed by atoms with Crippen LogP contribution in [0, 0.1) is 17.8 Å². The molecule has 0 spiro atoms. The van der Waals surface area contributed by atoms with E-state index in [2.05, 4.69) is 37.9 Å². The predicted octanol–water partition coefficient (Wildman–Crippen LogP) is 2.26. The maximum atomic E-state index is 12.0. The van der Waals surface area contributed by atoms with Crippen molar-refractivity contribution in [3.63, 3.8) is 0 Å². The summed E-state index contributed by atoms with van der Waals surface area (Å²) in [5, 5.41) is 11.6. The molecule has 0 saturated carbocycles. The largest absolute Gasteiger partial charge is 0.384 e. The fourth-order valence-electron chi connectivity index (χ4n) is 1.63. The Morgan fingerprint density at radius 1 is 1.50 bits per heavy atom. The lowest BCUT2D eigenvalue weighted by molar-refractivity contribution is 0.0929. The minimum atomic E-state index is -0.162. The molecule has 98 valence electrons. The van der Waals surface area contributed by atoms with Gasteiger partial charge in [0.05, 0.1) is 9.75 Å². The van der Waals surface area contributed by atoms with E-state index in [-0.39, 0.29) is 18.6 Å². The van der Waals surface area contributed by atoms with E-state index in [1.807, 2.05) is 0 Å². The first-order valence-corrected chi connectivity index (χ1v) is 6.90. The Kier molecular flexibility index (Phi) is 5.90. The van der Waals surface area contributed by atoms with Crippen molar-refractivity contribution < 1.29 is 9.90 Å². The molecule has 1 heterocycles. The van der Waals surface area contributed by atoms with Gasteiger partial charge in [0.2, 0.25) is 0 Å². The van der Waals surface area contributed by atoms with Gasteiger partial charge in [-0.15, -0.1) is 11.3 Å². The van der Waals surface area contributed by atoms with Gasteiger partial charge in [-0.25, -0.2) is 0 Å². The SMILES string of the molecule is CCC(NC(=O)c1ccc(C#CCO)s1)C(C)C. The van der Waals surface area contributed by atoms with Crippen LogP contribution in [0.15, 0.2) is 12.1 Å². The van der Waals surface area contributed by atoms with Gasteiger partial charge in [-0.05, 0) is 24.5 Å². The molecule has 3 nitrogen and oxygen atoms in total. The second-order valence-corrected chi connectivity index (χ2v) is 5.44. The van der Waals surface area contributed by atoms with Crippen LogP contribution in [0.3, 0.4) is 0 Å². The van der Waals surface area contributed by atoms with Crippen LogP contribution in [0.5, 0.6) is 0 Å². The zero-order valence-corrected chi connectivity index (χ0v) is 11.8. The number of aliphatic hydroxyl groups excluding tert-OH is 1. The van der Waals surface area contributed by atoms with Gasteiger partial charge in [-0.3, -0.25) is 4.79 Å². The molecule has 2 N–H and O–H groups in total. The van der Waals surface area contributed by atoms with Gasteiger partial charge in [0.25, 0.3) is 5.91 Å². The molecule has 0 aliphatic heterocycles. The topological polar surface area (TPSA) is 49.3 Å². The third kappa shape index (κ3) is 4.17. The highest BCUT2D eigenvalue weighted by atomic mass is 32.1. The van der Waals surface area contributed by atoms with Crippen LogP contribution in [0.1, 0.15) is 41.7 Å².